The maximum absolute atomic E-state index is 11.8. The average molecular weight is 250 g/mol. The van der Waals surface area contributed by atoms with Crippen molar-refractivity contribution in [1.82, 2.24) is 15.3 Å². The van der Waals surface area contributed by atoms with E-state index in [1.807, 2.05) is 4.90 Å². The average Bonchev–Trinajstić information content (AvgIpc) is 2.33. The summed E-state index contributed by atoms with van der Waals surface area (Å²) >= 11 is 0. The number of hydrogen-bond acceptors (Lipinski definition) is 5. The summed E-state index contributed by atoms with van der Waals surface area (Å²) in [6.07, 6.45) is 2.57. The molecule has 1 aromatic heterocycles. The van der Waals surface area contributed by atoms with Gasteiger partial charge in [0.05, 0.1) is 12.4 Å². The summed E-state index contributed by atoms with van der Waals surface area (Å²) in [6, 6.07) is 0. The third kappa shape index (κ3) is 1.99. The van der Waals surface area contributed by atoms with Crippen LogP contribution >= 0.6 is 0 Å². The summed E-state index contributed by atoms with van der Waals surface area (Å²) in [5, 5.41) is 11.5. The van der Waals surface area contributed by atoms with Crippen molar-refractivity contribution in [2.24, 2.45) is 0 Å². The monoisotopic (exact) mass is 250 g/mol. The molecule has 0 atom stereocenters. The van der Waals surface area contributed by atoms with Crippen LogP contribution in [0.1, 0.15) is 24.3 Å². The highest BCUT2D eigenvalue weighted by atomic mass is 16.4. The number of aromatic carboxylic acids is 1. The SMILES string of the molecule is CC1(C)C(=O)NCCN1c1cnc(C(=O)O)cn1. The van der Waals surface area contributed by atoms with Crippen LogP contribution in [-0.4, -0.2) is 45.6 Å². The van der Waals surface area contributed by atoms with Gasteiger partial charge in [0, 0.05) is 13.1 Å². The van der Waals surface area contributed by atoms with E-state index in [9.17, 15) is 9.59 Å². The molecule has 0 spiro atoms. The van der Waals surface area contributed by atoms with Gasteiger partial charge in [0.2, 0.25) is 5.91 Å². The highest BCUT2D eigenvalue weighted by Gasteiger charge is 2.38. The molecule has 0 saturated carbocycles. The first kappa shape index (κ1) is 12.3. The molecule has 2 heterocycles. The molecule has 0 aliphatic carbocycles. The Kier molecular flexibility index (Phi) is 2.90. The Morgan fingerprint density at radius 2 is 2.17 bits per heavy atom. The molecule has 2 N–H and O–H groups in total. The van der Waals surface area contributed by atoms with Crippen molar-refractivity contribution in [3.8, 4) is 0 Å². The lowest BCUT2D eigenvalue weighted by Crippen LogP contribution is -2.62. The molecule has 0 bridgehead atoms. The highest BCUT2D eigenvalue weighted by molar-refractivity contribution is 5.90. The van der Waals surface area contributed by atoms with Crippen LogP contribution in [0.4, 0.5) is 5.82 Å². The van der Waals surface area contributed by atoms with Gasteiger partial charge in [-0.3, -0.25) is 4.79 Å². The molecule has 1 aliphatic rings. The van der Waals surface area contributed by atoms with E-state index in [-0.39, 0.29) is 11.6 Å². The molecular formula is C11H14N4O3. The third-order valence-electron chi connectivity index (χ3n) is 2.99. The Morgan fingerprint density at radius 1 is 1.44 bits per heavy atom. The van der Waals surface area contributed by atoms with Crippen LogP contribution in [0.3, 0.4) is 0 Å². The van der Waals surface area contributed by atoms with Crippen LogP contribution in [0.25, 0.3) is 0 Å². The van der Waals surface area contributed by atoms with Crippen LogP contribution < -0.4 is 10.2 Å². The Bertz CT molecular complexity index is 484. The molecule has 0 radical (unpaired) electrons. The van der Waals surface area contributed by atoms with Crippen LogP contribution in [-0.2, 0) is 4.79 Å². The van der Waals surface area contributed by atoms with Gasteiger partial charge in [-0.05, 0) is 13.8 Å². The predicted molar refractivity (Wildman–Crippen MR) is 63.4 cm³/mol. The molecule has 96 valence electrons. The van der Waals surface area contributed by atoms with Gasteiger partial charge in [-0.25, -0.2) is 14.8 Å². The van der Waals surface area contributed by atoms with Crippen molar-refractivity contribution in [2.45, 2.75) is 19.4 Å². The lowest BCUT2D eigenvalue weighted by atomic mass is 9.99. The van der Waals surface area contributed by atoms with Gasteiger partial charge in [-0.2, -0.15) is 0 Å². The first-order valence-electron chi connectivity index (χ1n) is 5.54. The number of carboxylic acid groups (broad SMARTS) is 1. The van der Waals surface area contributed by atoms with E-state index in [1.54, 1.807) is 13.8 Å². The second kappa shape index (κ2) is 4.25. The number of carbonyl (C=O) groups is 2. The van der Waals surface area contributed by atoms with Crippen LogP contribution in [0.5, 0.6) is 0 Å². The minimum atomic E-state index is -1.12. The Hall–Kier alpha value is -2.18. The minimum absolute atomic E-state index is 0.0853. The largest absolute Gasteiger partial charge is 0.476 e. The summed E-state index contributed by atoms with van der Waals surface area (Å²) in [7, 11) is 0. The van der Waals surface area contributed by atoms with Crippen molar-refractivity contribution < 1.29 is 14.7 Å². The number of aromatic nitrogens is 2. The maximum Gasteiger partial charge on any atom is 0.356 e. The van der Waals surface area contributed by atoms with Crippen molar-refractivity contribution in [3.05, 3.63) is 18.1 Å². The third-order valence-corrected chi connectivity index (χ3v) is 2.99. The minimum Gasteiger partial charge on any atom is -0.476 e. The van der Waals surface area contributed by atoms with E-state index >= 15 is 0 Å². The second-order valence-electron chi connectivity index (χ2n) is 4.53. The molecule has 0 aromatic carbocycles. The molecule has 1 aliphatic heterocycles. The Balaban J connectivity index is 2.30. The van der Waals surface area contributed by atoms with Crippen molar-refractivity contribution in [3.63, 3.8) is 0 Å². The number of nitrogens with one attached hydrogen (secondary N) is 1. The number of rotatable bonds is 2. The number of nitrogens with zero attached hydrogens (tertiary/aromatic N) is 3. The van der Waals surface area contributed by atoms with E-state index in [1.165, 1.54) is 12.4 Å². The van der Waals surface area contributed by atoms with Crippen LogP contribution in [0.2, 0.25) is 0 Å². The normalized spacial score (nSPS) is 18.3. The van der Waals surface area contributed by atoms with Gasteiger partial charge in [0.15, 0.2) is 5.69 Å². The van der Waals surface area contributed by atoms with Gasteiger partial charge >= 0.3 is 5.97 Å². The molecule has 1 amide bonds. The molecule has 1 fully saturated rings. The molecule has 7 heteroatoms. The lowest BCUT2D eigenvalue weighted by molar-refractivity contribution is -0.126. The lowest BCUT2D eigenvalue weighted by Gasteiger charge is -2.41. The van der Waals surface area contributed by atoms with Crippen molar-refractivity contribution in [1.29, 1.82) is 0 Å². The van der Waals surface area contributed by atoms with E-state index < -0.39 is 11.5 Å². The highest BCUT2D eigenvalue weighted by Crippen LogP contribution is 2.23. The zero-order valence-corrected chi connectivity index (χ0v) is 10.2. The van der Waals surface area contributed by atoms with E-state index in [0.29, 0.717) is 18.9 Å². The molecule has 18 heavy (non-hydrogen) atoms. The van der Waals surface area contributed by atoms with Crippen molar-refractivity contribution >= 4 is 17.7 Å². The summed E-state index contributed by atoms with van der Waals surface area (Å²) in [5.41, 5.74) is -0.837. The number of carboxylic acids is 1. The quantitative estimate of drug-likeness (QED) is 0.760. The van der Waals surface area contributed by atoms with E-state index in [2.05, 4.69) is 15.3 Å². The van der Waals surface area contributed by atoms with E-state index in [0.717, 1.165) is 0 Å². The Labute approximate surface area is 104 Å². The molecule has 7 nitrogen and oxygen atoms in total. The summed E-state index contributed by atoms with van der Waals surface area (Å²) in [4.78, 5) is 32.1. The molecule has 1 saturated heterocycles. The second-order valence-corrected chi connectivity index (χ2v) is 4.53. The first-order chi connectivity index (χ1) is 8.43. The van der Waals surface area contributed by atoms with Gasteiger partial charge in [0.25, 0.3) is 0 Å². The van der Waals surface area contributed by atoms with Crippen LogP contribution in [0.15, 0.2) is 12.4 Å². The van der Waals surface area contributed by atoms with Gasteiger partial charge in [-0.15, -0.1) is 0 Å². The number of anilines is 1. The Morgan fingerprint density at radius 3 is 2.72 bits per heavy atom. The van der Waals surface area contributed by atoms with Gasteiger partial charge in [0.1, 0.15) is 11.4 Å². The fraction of sp³-hybridized carbons (Fsp3) is 0.455. The predicted octanol–water partition coefficient (Wildman–Crippen LogP) is -0.110. The fourth-order valence-corrected chi connectivity index (χ4v) is 1.87. The summed E-state index contributed by atoms with van der Waals surface area (Å²) < 4.78 is 0. The molecule has 1 aromatic rings. The molecule has 2 rings (SSSR count). The number of piperazine rings is 1. The molecule has 0 unspecified atom stereocenters. The maximum atomic E-state index is 11.8. The zero-order chi connectivity index (χ0) is 13.3. The standard InChI is InChI=1S/C11H14N4O3/c1-11(2)10(18)12-3-4-15(11)8-6-13-7(5-14-8)9(16)17/h5-6H,3-4H2,1-2H3,(H,12,18)(H,16,17). The summed E-state index contributed by atoms with van der Waals surface area (Å²) in [6.45, 7) is 4.72. The van der Waals surface area contributed by atoms with Gasteiger partial charge < -0.3 is 15.3 Å². The molecular weight excluding hydrogens is 236 g/mol. The summed E-state index contributed by atoms with van der Waals surface area (Å²) in [5.74, 6) is -0.706. The van der Waals surface area contributed by atoms with E-state index in [4.69, 9.17) is 5.11 Å². The smallest absolute Gasteiger partial charge is 0.356 e. The first-order valence-corrected chi connectivity index (χ1v) is 5.54. The fourth-order valence-electron chi connectivity index (χ4n) is 1.87. The van der Waals surface area contributed by atoms with Crippen LogP contribution in [0, 0.1) is 0 Å². The number of carbonyl (C=O) groups excluding carboxylic acids is 1. The number of amides is 1. The zero-order valence-electron chi connectivity index (χ0n) is 10.2. The topological polar surface area (TPSA) is 95.4 Å². The number of hydrogen-bond donors (Lipinski definition) is 2. The van der Waals surface area contributed by atoms with Gasteiger partial charge in [-0.1, -0.05) is 0 Å². The van der Waals surface area contributed by atoms with Crippen molar-refractivity contribution in [2.75, 3.05) is 18.0 Å².